The van der Waals surface area contributed by atoms with E-state index in [1.165, 1.54) is 7.11 Å². The van der Waals surface area contributed by atoms with Gasteiger partial charge < -0.3 is 4.74 Å². The van der Waals surface area contributed by atoms with Crippen molar-refractivity contribution in [1.82, 2.24) is 4.98 Å². The highest BCUT2D eigenvalue weighted by atomic mass is 32.2. The number of methoxy groups -OCH3 is 1. The average molecular weight is 400 g/mol. The van der Waals surface area contributed by atoms with E-state index < -0.39 is 17.3 Å². The van der Waals surface area contributed by atoms with Crippen LogP contribution in [0.1, 0.15) is 16.7 Å². The van der Waals surface area contributed by atoms with Crippen molar-refractivity contribution in [2.24, 2.45) is 0 Å². The van der Waals surface area contributed by atoms with E-state index in [0.717, 1.165) is 23.4 Å². The first kappa shape index (κ1) is 19.8. The molecule has 0 spiro atoms. The zero-order chi connectivity index (χ0) is 20.1. The van der Waals surface area contributed by atoms with Gasteiger partial charge in [-0.25, -0.2) is 4.98 Å². The van der Waals surface area contributed by atoms with Gasteiger partial charge in [0.2, 0.25) is 0 Å². The molecule has 0 unspecified atom stereocenters. The molecule has 0 atom stereocenters. The maximum Gasteiger partial charge on any atom is 0.417 e. The number of halogens is 3. The predicted molar refractivity (Wildman–Crippen MR) is 102 cm³/mol. The van der Waals surface area contributed by atoms with E-state index >= 15 is 0 Å². The quantitative estimate of drug-likeness (QED) is 0.497. The van der Waals surface area contributed by atoms with Crippen LogP contribution in [0.3, 0.4) is 0 Å². The number of pyridine rings is 1. The number of hydrogen-bond acceptors (Lipinski definition) is 4. The van der Waals surface area contributed by atoms with Crippen LogP contribution >= 0.6 is 11.8 Å². The van der Waals surface area contributed by atoms with Crippen molar-refractivity contribution >= 4 is 11.8 Å². The van der Waals surface area contributed by atoms with E-state index in [9.17, 15) is 18.4 Å². The largest absolute Gasteiger partial charge is 0.497 e. The summed E-state index contributed by atoms with van der Waals surface area (Å²) in [6.45, 7) is 0. The summed E-state index contributed by atoms with van der Waals surface area (Å²) >= 11 is 1.11. The topological polar surface area (TPSA) is 45.9 Å². The van der Waals surface area contributed by atoms with Crippen LogP contribution < -0.4 is 4.74 Å². The number of nitrogens with zero attached hydrogens (tertiary/aromatic N) is 2. The second-order valence-corrected chi connectivity index (χ2v) is 6.81. The highest BCUT2D eigenvalue weighted by molar-refractivity contribution is 7.98. The van der Waals surface area contributed by atoms with Crippen molar-refractivity contribution in [1.29, 1.82) is 5.26 Å². The lowest BCUT2D eigenvalue weighted by molar-refractivity contribution is -0.138. The monoisotopic (exact) mass is 400 g/mol. The number of alkyl halides is 3. The molecule has 0 saturated heterocycles. The Bertz CT molecular complexity index is 997. The first-order chi connectivity index (χ1) is 13.4. The van der Waals surface area contributed by atoms with Crippen molar-refractivity contribution < 1.29 is 17.9 Å². The molecule has 1 heterocycles. The van der Waals surface area contributed by atoms with Gasteiger partial charge in [-0.05, 0) is 35.9 Å². The van der Waals surface area contributed by atoms with Crippen LogP contribution in [0.15, 0.2) is 65.7 Å². The second kappa shape index (κ2) is 8.36. The highest BCUT2D eigenvalue weighted by Crippen LogP contribution is 2.38. The lowest BCUT2D eigenvalue weighted by atomic mass is 10.1. The highest BCUT2D eigenvalue weighted by Gasteiger charge is 2.36. The summed E-state index contributed by atoms with van der Waals surface area (Å²) in [4.78, 5) is 4.36. The molecule has 0 radical (unpaired) electrons. The van der Waals surface area contributed by atoms with Crippen molar-refractivity contribution in [3.05, 3.63) is 77.4 Å². The fourth-order valence-electron chi connectivity index (χ4n) is 2.59. The molecule has 0 aliphatic heterocycles. The Morgan fingerprint density at radius 3 is 2.32 bits per heavy atom. The Morgan fingerprint density at radius 2 is 1.75 bits per heavy atom. The van der Waals surface area contributed by atoms with Gasteiger partial charge in [-0.2, -0.15) is 18.4 Å². The smallest absolute Gasteiger partial charge is 0.417 e. The van der Waals surface area contributed by atoms with Crippen molar-refractivity contribution in [2.45, 2.75) is 17.0 Å². The van der Waals surface area contributed by atoms with Gasteiger partial charge in [0.15, 0.2) is 0 Å². The number of thioether (sulfide) groups is 1. The molecule has 3 nitrogen and oxygen atoms in total. The lowest BCUT2D eigenvalue weighted by Crippen LogP contribution is -2.10. The molecule has 0 aliphatic rings. The molecular weight excluding hydrogens is 385 g/mol. The maximum atomic E-state index is 13.6. The molecule has 0 aliphatic carbocycles. The third kappa shape index (κ3) is 4.46. The minimum Gasteiger partial charge on any atom is -0.497 e. The van der Waals surface area contributed by atoms with Crippen LogP contribution in [0.25, 0.3) is 11.3 Å². The summed E-state index contributed by atoms with van der Waals surface area (Å²) in [5.74, 6) is 0.999. The molecule has 7 heteroatoms. The second-order valence-electron chi connectivity index (χ2n) is 5.85. The van der Waals surface area contributed by atoms with E-state index in [4.69, 9.17) is 4.74 Å². The van der Waals surface area contributed by atoms with Crippen molar-refractivity contribution in [3.63, 3.8) is 0 Å². The van der Waals surface area contributed by atoms with Gasteiger partial charge in [-0.15, -0.1) is 11.8 Å². The summed E-state index contributed by atoms with van der Waals surface area (Å²) in [7, 11) is 1.51. The fraction of sp³-hybridized carbons (Fsp3) is 0.143. The minimum absolute atomic E-state index is 0.0620. The van der Waals surface area contributed by atoms with Crippen LogP contribution in [0.5, 0.6) is 5.75 Å². The van der Waals surface area contributed by atoms with Gasteiger partial charge in [-0.3, -0.25) is 0 Å². The molecule has 2 aromatic carbocycles. The Kier molecular flexibility index (Phi) is 5.90. The third-order valence-corrected chi connectivity index (χ3v) is 5.05. The molecular formula is C21H15F3N2OS. The van der Waals surface area contributed by atoms with Gasteiger partial charge in [-0.1, -0.05) is 30.3 Å². The van der Waals surface area contributed by atoms with Gasteiger partial charge in [0, 0.05) is 11.3 Å². The van der Waals surface area contributed by atoms with Crippen LogP contribution in [-0.2, 0) is 11.9 Å². The van der Waals surface area contributed by atoms with Crippen LogP contribution in [-0.4, -0.2) is 12.1 Å². The molecule has 0 saturated carbocycles. The maximum absolute atomic E-state index is 13.6. The molecule has 0 bridgehead atoms. The molecule has 1 aromatic heterocycles. The summed E-state index contributed by atoms with van der Waals surface area (Å²) in [5, 5.41) is 9.43. The summed E-state index contributed by atoms with van der Waals surface area (Å²) in [5.41, 5.74) is 0.167. The lowest BCUT2D eigenvalue weighted by Gasteiger charge is -2.14. The number of rotatable bonds is 5. The number of aromatic nitrogens is 1. The number of ether oxygens (including phenoxy) is 1. The first-order valence-electron chi connectivity index (χ1n) is 8.26. The van der Waals surface area contributed by atoms with Crippen LogP contribution in [0.2, 0.25) is 0 Å². The molecule has 0 amide bonds. The zero-order valence-electron chi connectivity index (χ0n) is 14.8. The van der Waals surface area contributed by atoms with E-state index in [1.54, 1.807) is 30.3 Å². The molecule has 3 aromatic rings. The van der Waals surface area contributed by atoms with Gasteiger partial charge >= 0.3 is 6.18 Å². The standard InChI is InChI=1S/C21H15F3N2OS/c1-27-16-9-7-15(8-10-16)19-11-18(21(22,23)24)17(12-25)20(26-19)28-13-14-5-3-2-4-6-14/h2-11H,13H2,1H3. The Balaban J connectivity index is 2.06. The van der Waals surface area contributed by atoms with Crippen LogP contribution in [0.4, 0.5) is 13.2 Å². The Labute approximate surface area is 164 Å². The molecule has 0 fully saturated rings. The van der Waals surface area contributed by atoms with Crippen molar-refractivity contribution in [2.75, 3.05) is 7.11 Å². The number of benzene rings is 2. The Morgan fingerprint density at radius 1 is 1.07 bits per heavy atom. The van der Waals surface area contributed by atoms with Gasteiger partial charge in [0.1, 0.15) is 16.8 Å². The molecule has 142 valence electrons. The SMILES string of the molecule is COc1ccc(-c2cc(C(F)(F)F)c(C#N)c(SCc3ccccc3)n2)cc1. The van der Waals surface area contributed by atoms with Gasteiger partial charge in [0.25, 0.3) is 0 Å². The average Bonchev–Trinajstić information content (AvgIpc) is 2.71. The van der Waals surface area contributed by atoms with E-state index in [2.05, 4.69) is 4.98 Å². The fourth-order valence-corrected chi connectivity index (χ4v) is 3.55. The normalized spacial score (nSPS) is 11.1. The Hall–Kier alpha value is -2.98. The summed E-state index contributed by atoms with van der Waals surface area (Å²) < 4.78 is 45.8. The molecule has 28 heavy (non-hydrogen) atoms. The van der Waals surface area contributed by atoms with Gasteiger partial charge in [0.05, 0.1) is 23.9 Å². The van der Waals surface area contributed by atoms with Crippen molar-refractivity contribution in [3.8, 4) is 23.1 Å². The molecule has 3 rings (SSSR count). The van der Waals surface area contributed by atoms with Crippen LogP contribution in [0, 0.1) is 11.3 Å². The minimum atomic E-state index is -4.66. The zero-order valence-corrected chi connectivity index (χ0v) is 15.6. The third-order valence-electron chi connectivity index (χ3n) is 4.01. The number of hydrogen-bond donors (Lipinski definition) is 0. The van der Waals surface area contributed by atoms with E-state index in [-0.39, 0.29) is 10.7 Å². The number of nitriles is 1. The summed E-state index contributed by atoms with van der Waals surface area (Å²) in [6, 6.07) is 18.5. The van der Waals surface area contributed by atoms with E-state index in [0.29, 0.717) is 17.1 Å². The summed E-state index contributed by atoms with van der Waals surface area (Å²) in [6.07, 6.45) is -4.66. The predicted octanol–water partition coefficient (Wildman–Crippen LogP) is 5.94. The molecule has 0 N–H and O–H groups in total. The first-order valence-corrected chi connectivity index (χ1v) is 9.24. The van der Waals surface area contributed by atoms with E-state index in [1.807, 2.05) is 30.3 Å².